The van der Waals surface area contributed by atoms with E-state index in [-0.39, 0.29) is 17.4 Å². The summed E-state index contributed by atoms with van der Waals surface area (Å²) in [6.07, 6.45) is 0. The summed E-state index contributed by atoms with van der Waals surface area (Å²) in [5.41, 5.74) is 6.63. The molecule has 4 N–H and O–H groups in total. The van der Waals surface area contributed by atoms with Crippen LogP contribution in [0.25, 0.3) is 10.9 Å². The Balaban J connectivity index is 1.37. The molecule has 0 atom stereocenters. The highest BCUT2D eigenvalue weighted by molar-refractivity contribution is 6.22. The van der Waals surface area contributed by atoms with Gasteiger partial charge in [0, 0.05) is 54.8 Å². The molecule has 1 aromatic heterocycles. The molecule has 0 bridgehead atoms. The third-order valence-corrected chi connectivity index (χ3v) is 7.28. The van der Waals surface area contributed by atoms with E-state index in [4.69, 9.17) is 9.83 Å². The number of carbonyl (C=O) groups excluding carboxylic acids is 1. The van der Waals surface area contributed by atoms with Gasteiger partial charge >= 0.3 is 5.97 Å². The molecule has 10 nitrogen and oxygen atoms in total. The number of amides is 1. The van der Waals surface area contributed by atoms with Crippen LogP contribution in [0.3, 0.4) is 0 Å². The molecule has 41 heavy (non-hydrogen) atoms. The molecule has 1 amide bonds. The number of hydrogen-bond acceptors (Lipinski definition) is 7. The Morgan fingerprint density at radius 2 is 1.76 bits per heavy atom. The van der Waals surface area contributed by atoms with Crippen molar-refractivity contribution in [3.05, 3.63) is 94.5 Å². The number of likely N-dealkylation sites (N-methyl/N-ethyl adjacent to an activating group) is 1. The first kappa shape index (κ1) is 28.0. The molecule has 4 aromatic rings. The Kier molecular flexibility index (Phi) is 8.44. The van der Waals surface area contributed by atoms with Crippen LogP contribution in [-0.4, -0.2) is 89.0 Å². The lowest BCUT2D eigenvalue weighted by molar-refractivity contribution is 0.0177. The first-order chi connectivity index (χ1) is 19.8. The average Bonchev–Trinajstić information content (AvgIpc) is 3.30. The molecule has 1 fully saturated rings. The Morgan fingerprint density at radius 1 is 1.00 bits per heavy atom. The van der Waals surface area contributed by atoms with Crippen LogP contribution in [0.5, 0.6) is 5.88 Å². The fraction of sp³-hybridized carbons (Fsp3) is 0.258. The van der Waals surface area contributed by atoms with E-state index in [1.807, 2.05) is 37.3 Å². The van der Waals surface area contributed by atoms with Gasteiger partial charge in [0.2, 0.25) is 0 Å². The van der Waals surface area contributed by atoms with Crippen LogP contribution >= 0.6 is 0 Å². The van der Waals surface area contributed by atoms with Gasteiger partial charge in [0.25, 0.3) is 5.91 Å². The van der Waals surface area contributed by atoms with Gasteiger partial charge in [-0.1, -0.05) is 36.4 Å². The SMILES string of the molecule is Cc1cc(N=C(c2ccccc2)c2c(O)[nH]c3cc(C(=O)O)ccc23)ccc1C(=O)NOCCN1CCN(C)CC1. The molecular weight excluding hydrogens is 522 g/mol. The van der Waals surface area contributed by atoms with Crippen molar-refractivity contribution in [1.82, 2.24) is 20.3 Å². The van der Waals surface area contributed by atoms with Crippen molar-refractivity contribution in [3.63, 3.8) is 0 Å². The fourth-order valence-corrected chi connectivity index (χ4v) is 4.94. The molecule has 3 aromatic carbocycles. The van der Waals surface area contributed by atoms with Gasteiger partial charge in [-0.2, -0.15) is 0 Å². The molecule has 2 heterocycles. The number of aromatic hydroxyl groups is 1. The smallest absolute Gasteiger partial charge is 0.335 e. The summed E-state index contributed by atoms with van der Waals surface area (Å²) in [6.45, 7) is 7.01. The minimum atomic E-state index is -1.06. The van der Waals surface area contributed by atoms with E-state index in [1.54, 1.807) is 24.3 Å². The topological polar surface area (TPSA) is 130 Å². The summed E-state index contributed by atoms with van der Waals surface area (Å²) in [6, 6.07) is 19.3. The Hall–Kier alpha value is -4.51. The number of aromatic carboxylic acids is 1. The van der Waals surface area contributed by atoms with Gasteiger partial charge in [-0.05, 0) is 49.9 Å². The molecule has 212 valence electrons. The third-order valence-electron chi connectivity index (χ3n) is 7.28. The fourth-order valence-electron chi connectivity index (χ4n) is 4.94. The van der Waals surface area contributed by atoms with Crippen molar-refractivity contribution in [3.8, 4) is 5.88 Å². The number of aliphatic imine (C=N–C) groups is 1. The van der Waals surface area contributed by atoms with Gasteiger partial charge in [-0.3, -0.25) is 14.5 Å². The zero-order chi connectivity index (χ0) is 28.9. The largest absolute Gasteiger partial charge is 0.494 e. The van der Waals surface area contributed by atoms with Crippen LogP contribution in [0.2, 0.25) is 0 Å². The molecule has 0 aliphatic carbocycles. The third kappa shape index (κ3) is 6.46. The number of nitrogens with zero attached hydrogens (tertiary/aromatic N) is 3. The van der Waals surface area contributed by atoms with E-state index in [9.17, 15) is 19.8 Å². The van der Waals surface area contributed by atoms with Crippen LogP contribution in [0.15, 0.2) is 71.7 Å². The van der Waals surface area contributed by atoms with Gasteiger partial charge in [0.15, 0.2) is 5.88 Å². The molecule has 0 unspecified atom stereocenters. The number of aromatic amines is 1. The number of aromatic nitrogens is 1. The van der Waals surface area contributed by atoms with E-state index in [0.717, 1.165) is 38.3 Å². The lowest BCUT2D eigenvalue weighted by Crippen LogP contribution is -2.45. The normalized spacial score (nSPS) is 14.8. The van der Waals surface area contributed by atoms with Gasteiger partial charge in [-0.25, -0.2) is 15.3 Å². The highest BCUT2D eigenvalue weighted by atomic mass is 16.7. The number of H-pyrrole nitrogens is 1. The molecule has 5 rings (SSSR count). The number of carboxylic acids is 1. The van der Waals surface area contributed by atoms with Gasteiger partial charge in [0.05, 0.1) is 29.1 Å². The quantitative estimate of drug-likeness (QED) is 0.140. The molecular formula is C31H33N5O5. The Morgan fingerprint density at radius 3 is 2.46 bits per heavy atom. The minimum absolute atomic E-state index is 0.108. The van der Waals surface area contributed by atoms with Crippen molar-refractivity contribution < 1.29 is 24.6 Å². The van der Waals surface area contributed by atoms with Gasteiger partial charge in [-0.15, -0.1) is 0 Å². The number of carboxylic acid groups (broad SMARTS) is 1. The second-order valence-corrected chi connectivity index (χ2v) is 10.2. The van der Waals surface area contributed by atoms with Crippen molar-refractivity contribution in [1.29, 1.82) is 0 Å². The summed E-state index contributed by atoms with van der Waals surface area (Å²) in [5.74, 6) is -1.51. The lowest BCUT2D eigenvalue weighted by atomic mass is 10.00. The minimum Gasteiger partial charge on any atom is -0.494 e. The number of hydroxylamine groups is 1. The second kappa shape index (κ2) is 12.3. The maximum Gasteiger partial charge on any atom is 0.335 e. The summed E-state index contributed by atoms with van der Waals surface area (Å²) in [5, 5.41) is 20.9. The number of fused-ring (bicyclic) bond motifs is 1. The Labute approximate surface area is 237 Å². The van der Waals surface area contributed by atoms with Crippen LogP contribution in [0.1, 0.15) is 37.4 Å². The van der Waals surface area contributed by atoms with E-state index in [1.165, 1.54) is 12.1 Å². The van der Waals surface area contributed by atoms with Crippen molar-refractivity contribution in [2.24, 2.45) is 4.99 Å². The summed E-state index contributed by atoms with van der Waals surface area (Å²) < 4.78 is 0. The number of hydrogen-bond donors (Lipinski definition) is 4. The predicted octanol–water partition coefficient (Wildman–Crippen LogP) is 3.96. The maximum atomic E-state index is 12.8. The zero-order valence-corrected chi connectivity index (χ0v) is 23.1. The number of carbonyl (C=O) groups is 2. The highest BCUT2D eigenvalue weighted by Gasteiger charge is 2.20. The van der Waals surface area contributed by atoms with Crippen molar-refractivity contribution in [2.45, 2.75) is 6.92 Å². The number of benzene rings is 3. The monoisotopic (exact) mass is 555 g/mol. The van der Waals surface area contributed by atoms with Crippen molar-refractivity contribution in [2.75, 3.05) is 46.4 Å². The molecule has 1 saturated heterocycles. The van der Waals surface area contributed by atoms with Gasteiger partial charge < -0.3 is 20.1 Å². The van der Waals surface area contributed by atoms with Crippen LogP contribution < -0.4 is 5.48 Å². The molecule has 1 aliphatic heterocycles. The first-order valence-corrected chi connectivity index (χ1v) is 13.5. The summed E-state index contributed by atoms with van der Waals surface area (Å²) >= 11 is 0. The number of piperazine rings is 1. The highest BCUT2D eigenvalue weighted by Crippen LogP contribution is 2.32. The standard InChI is InChI=1S/C31H33N5O5/c1-20-18-23(9-11-24(20)29(37)34-41-17-16-36-14-12-35(2)13-15-36)32-28(21-6-4-3-5-7-21)27-25-10-8-22(31(39)40)19-26(25)33-30(27)38/h3-11,18-19,33,38H,12-17H2,1-2H3,(H,34,37)(H,39,40). The number of nitrogens with one attached hydrogen (secondary N) is 2. The number of aryl methyl sites for hydroxylation is 1. The Bertz CT molecular complexity index is 1590. The van der Waals surface area contributed by atoms with Crippen LogP contribution in [0.4, 0.5) is 5.69 Å². The molecule has 10 heteroatoms. The first-order valence-electron chi connectivity index (χ1n) is 13.5. The number of rotatable bonds is 9. The molecule has 0 radical (unpaired) electrons. The molecule has 0 saturated carbocycles. The average molecular weight is 556 g/mol. The second-order valence-electron chi connectivity index (χ2n) is 10.2. The van der Waals surface area contributed by atoms with E-state index >= 15 is 0 Å². The predicted molar refractivity (Wildman–Crippen MR) is 157 cm³/mol. The molecule has 0 spiro atoms. The van der Waals surface area contributed by atoms with E-state index < -0.39 is 5.97 Å². The maximum absolute atomic E-state index is 12.8. The van der Waals surface area contributed by atoms with Crippen LogP contribution in [0, 0.1) is 6.92 Å². The van der Waals surface area contributed by atoms with Gasteiger partial charge in [0.1, 0.15) is 0 Å². The zero-order valence-electron chi connectivity index (χ0n) is 23.1. The lowest BCUT2D eigenvalue weighted by Gasteiger charge is -2.32. The van der Waals surface area contributed by atoms with E-state index in [2.05, 4.69) is 27.3 Å². The van der Waals surface area contributed by atoms with Crippen molar-refractivity contribution >= 4 is 34.2 Å². The summed E-state index contributed by atoms with van der Waals surface area (Å²) in [4.78, 5) is 42.1. The van der Waals surface area contributed by atoms with E-state index in [0.29, 0.717) is 45.6 Å². The van der Waals surface area contributed by atoms with Crippen LogP contribution in [-0.2, 0) is 4.84 Å². The molecule has 1 aliphatic rings. The summed E-state index contributed by atoms with van der Waals surface area (Å²) in [7, 11) is 2.11.